The molecule has 0 unspecified atom stereocenters. The van der Waals surface area contributed by atoms with Crippen molar-refractivity contribution in [1.29, 1.82) is 0 Å². The first-order valence-corrected chi connectivity index (χ1v) is 11.8. The molecule has 31 heavy (non-hydrogen) atoms. The number of hydrogen-bond donors (Lipinski definition) is 2. The molecule has 4 rings (SSSR count). The van der Waals surface area contributed by atoms with Crippen LogP contribution in [-0.2, 0) is 19.7 Å². The van der Waals surface area contributed by atoms with Crippen molar-refractivity contribution < 1.29 is 14.3 Å². The van der Waals surface area contributed by atoms with Crippen LogP contribution in [0.3, 0.4) is 0 Å². The average Bonchev–Trinajstić information content (AvgIpc) is 2.75. The first kappa shape index (κ1) is 22.3. The van der Waals surface area contributed by atoms with E-state index in [4.69, 9.17) is 16.3 Å². The third-order valence-corrected chi connectivity index (χ3v) is 7.24. The summed E-state index contributed by atoms with van der Waals surface area (Å²) in [5.41, 5.74) is 2.14. The van der Waals surface area contributed by atoms with E-state index < -0.39 is 11.8 Å². The standard InChI is InChI=1S/C24H26BrClN2O3/c25-19-3-1-2-18(14-19)24(8-10-31-11-9-24)15-27-22(29)23(30)28-21-12-17(13-21)16-4-6-20(26)7-5-16/h1-7,14,17,21H,8-13,15H2,(H,27,29)(H,28,30). The highest BCUT2D eigenvalue weighted by Crippen LogP contribution is 2.37. The first-order valence-electron chi connectivity index (χ1n) is 10.6. The molecule has 0 aromatic heterocycles. The molecule has 0 atom stereocenters. The molecule has 5 nitrogen and oxygen atoms in total. The minimum atomic E-state index is -0.573. The second kappa shape index (κ2) is 9.72. The Labute approximate surface area is 196 Å². The van der Waals surface area contributed by atoms with Crippen molar-refractivity contribution in [3.05, 3.63) is 69.2 Å². The Morgan fingerprint density at radius 1 is 1.06 bits per heavy atom. The lowest BCUT2D eigenvalue weighted by Gasteiger charge is -2.38. The molecule has 1 saturated heterocycles. The van der Waals surface area contributed by atoms with Gasteiger partial charge in [-0.25, -0.2) is 0 Å². The van der Waals surface area contributed by atoms with E-state index in [2.05, 4.69) is 38.7 Å². The first-order chi connectivity index (χ1) is 14.9. The Morgan fingerprint density at radius 3 is 2.45 bits per heavy atom. The smallest absolute Gasteiger partial charge is 0.309 e. The minimum Gasteiger partial charge on any atom is -0.381 e. The molecule has 0 radical (unpaired) electrons. The molecule has 2 amide bonds. The molecule has 164 valence electrons. The van der Waals surface area contributed by atoms with Crippen LogP contribution in [0.4, 0.5) is 0 Å². The van der Waals surface area contributed by atoms with Gasteiger partial charge >= 0.3 is 11.8 Å². The monoisotopic (exact) mass is 504 g/mol. The van der Waals surface area contributed by atoms with Crippen LogP contribution in [0.1, 0.15) is 42.7 Å². The Bertz CT molecular complexity index is 938. The zero-order valence-electron chi connectivity index (χ0n) is 17.2. The molecule has 0 spiro atoms. The van der Waals surface area contributed by atoms with Crippen molar-refractivity contribution in [3.8, 4) is 0 Å². The zero-order valence-corrected chi connectivity index (χ0v) is 19.5. The molecule has 7 heteroatoms. The van der Waals surface area contributed by atoms with Crippen molar-refractivity contribution in [2.24, 2.45) is 0 Å². The summed E-state index contributed by atoms with van der Waals surface area (Å²) >= 11 is 9.48. The number of amides is 2. The largest absolute Gasteiger partial charge is 0.381 e. The Balaban J connectivity index is 1.30. The molecule has 1 heterocycles. The summed E-state index contributed by atoms with van der Waals surface area (Å²) in [5, 5.41) is 6.46. The number of ether oxygens (including phenoxy) is 1. The maximum absolute atomic E-state index is 12.5. The van der Waals surface area contributed by atoms with Crippen LogP contribution in [-0.4, -0.2) is 37.6 Å². The molecular weight excluding hydrogens is 480 g/mol. The van der Waals surface area contributed by atoms with E-state index >= 15 is 0 Å². The van der Waals surface area contributed by atoms with Crippen LogP contribution in [0.5, 0.6) is 0 Å². The molecule has 1 aliphatic heterocycles. The van der Waals surface area contributed by atoms with Gasteiger partial charge in [-0.1, -0.05) is 51.8 Å². The fourth-order valence-electron chi connectivity index (χ4n) is 4.47. The summed E-state index contributed by atoms with van der Waals surface area (Å²) in [6, 6.07) is 16.0. The third kappa shape index (κ3) is 5.30. The second-order valence-electron chi connectivity index (χ2n) is 8.48. The fourth-order valence-corrected chi connectivity index (χ4v) is 5.00. The highest BCUT2D eigenvalue weighted by molar-refractivity contribution is 9.10. The summed E-state index contributed by atoms with van der Waals surface area (Å²) in [6.45, 7) is 1.70. The molecule has 2 fully saturated rings. The maximum Gasteiger partial charge on any atom is 0.309 e. The zero-order chi connectivity index (χ0) is 21.8. The summed E-state index contributed by atoms with van der Waals surface area (Å²) in [7, 11) is 0. The van der Waals surface area contributed by atoms with E-state index in [1.165, 1.54) is 5.56 Å². The van der Waals surface area contributed by atoms with Gasteiger partial charge in [0.25, 0.3) is 0 Å². The van der Waals surface area contributed by atoms with Gasteiger partial charge in [0.15, 0.2) is 0 Å². The summed E-state index contributed by atoms with van der Waals surface area (Å²) in [6.07, 6.45) is 3.27. The minimum absolute atomic E-state index is 0.0287. The Hall–Kier alpha value is -1.89. The molecule has 1 saturated carbocycles. The van der Waals surface area contributed by atoms with Crippen molar-refractivity contribution in [2.45, 2.75) is 43.1 Å². The molecule has 2 aromatic rings. The van der Waals surface area contributed by atoms with Gasteiger partial charge in [-0.05, 0) is 67.0 Å². The van der Waals surface area contributed by atoms with E-state index in [1.807, 2.05) is 36.4 Å². The van der Waals surface area contributed by atoms with Crippen molar-refractivity contribution >= 4 is 39.3 Å². The number of benzene rings is 2. The van der Waals surface area contributed by atoms with E-state index in [0.29, 0.717) is 25.7 Å². The van der Waals surface area contributed by atoms with E-state index in [0.717, 1.165) is 40.7 Å². The lowest BCUT2D eigenvalue weighted by Crippen LogP contribution is -2.52. The van der Waals surface area contributed by atoms with Gasteiger partial charge in [0.05, 0.1) is 0 Å². The molecule has 1 aliphatic carbocycles. The van der Waals surface area contributed by atoms with Gasteiger partial charge in [-0.3, -0.25) is 9.59 Å². The van der Waals surface area contributed by atoms with Crippen molar-refractivity contribution in [2.75, 3.05) is 19.8 Å². The van der Waals surface area contributed by atoms with Crippen LogP contribution in [0.15, 0.2) is 53.0 Å². The van der Waals surface area contributed by atoms with Crippen LogP contribution in [0, 0.1) is 0 Å². The van der Waals surface area contributed by atoms with Gasteiger partial charge in [0.2, 0.25) is 0 Å². The van der Waals surface area contributed by atoms with E-state index in [9.17, 15) is 9.59 Å². The predicted octanol–water partition coefficient (Wildman–Crippen LogP) is 4.33. The van der Waals surface area contributed by atoms with Gasteiger partial charge in [0.1, 0.15) is 0 Å². The Kier molecular flexibility index (Phi) is 6.99. The number of nitrogens with one attached hydrogen (secondary N) is 2. The summed E-state index contributed by atoms with van der Waals surface area (Å²) < 4.78 is 6.55. The molecule has 2 N–H and O–H groups in total. The predicted molar refractivity (Wildman–Crippen MR) is 124 cm³/mol. The van der Waals surface area contributed by atoms with Crippen molar-refractivity contribution in [1.82, 2.24) is 10.6 Å². The van der Waals surface area contributed by atoms with Crippen LogP contribution in [0.2, 0.25) is 5.02 Å². The van der Waals surface area contributed by atoms with Crippen LogP contribution < -0.4 is 10.6 Å². The topological polar surface area (TPSA) is 67.4 Å². The number of halogens is 2. The average molecular weight is 506 g/mol. The fraction of sp³-hybridized carbons (Fsp3) is 0.417. The lowest BCUT2D eigenvalue weighted by molar-refractivity contribution is -0.140. The van der Waals surface area contributed by atoms with Crippen LogP contribution in [0.25, 0.3) is 0 Å². The molecule has 0 bridgehead atoms. The molecule has 2 aromatic carbocycles. The van der Waals surface area contributed by atoms with Crippen LogP contribution >= 0.6 is 27.5 Å². The normalized spacial score (nSPS) is 22.3. The van der Waals surface area contributed by atoms with E-state index in [-0.39, 0.29) is 11.5 Å². The summed E-state index contributed by atoms with van der Waals surface area (Å²) in [4.78, 5) is 24.9. The number of hydrogen-bond acceptors (Lipinski definition) is 3. The Morgan fingerprint density at radius 2 is 1.77 bits per heavy atom. The quantitative estimate of drug-likeness (QED) is 0.595. The molecular formula is C24H26BrClN2O3. The lowest BCUT2D eigenvalue weighted by atomic mass is 9.74. The number of carbonyl (C=O) groups excluding carboxylic acids is 2. The molecule has 2 aliphatic rings. The van der Waals surface area contributed by atoms with Crippen molar-refractivity contribution in [3.63, 3.8) is 0 Å². The highest BCUT2D eigenvalue weighted by atomic mass is 79.9. The van der Waals surface area contributed by atoms with Gasteiger partial charge in [-0.2, -0.15) is 0 Å². The third-order valence-electron chi connectivity index (χ3n) is 6.50. The van der Waals surface area contributed by atoms with Gasteiger partial charge < -0.3 is 15.4 Å². The maximum atomic E-state index is 12.5. The number of rotatable bonds is 5. The number of carbonyl (C=O) groups is 2. The second-order valence-corrected chi connectivity index (χ2v) is 9.83. The van der Waals surface area contributed by atoms with E-state index in [1.54, 1.807) is 0 Å². The van der Waals surface area contributed by atoms with Gasteiger partial charge in [-0.15, -0.1) is 0 Å². The van der Waals surface area contributed by atoms with Gasteiger partial charge in [0, 0.05) is 40.7 Å². The summed E-state index contributed by atoms with van der Waals surface area (Å²) in [5.74, 6) is -0.737. The highest BCUT2D eigenvalue weighted by Gasteiger charge is 2.36. The SMILES string of the molecule is O=C(NCC1(c2cccc(Br)c2)CCOCC1)C(=O)NC1CC(c2ccc(Cl)cc2)C1.